The molecule has 0 saturated carbocycles. The number of para-hydroxylation sites is 1. The first-order chi connectivity index (χ1) is 11.8. The van der Waals surface area contributed by atoms with Crippen LogP contribution in [0.5, 0.6) is 0 Å². The zero-order valence-electron chi connectivity index (χ0n) is 14.0. The number of hydrogen-bond acceptors (Lipinski definition) is 3. The van der Waals surface area contributed by atoms with Gasteiger partial charge in [0, 0.05) is 18.4 Å². The summed E-state index contributed by atoms with van der Waals surface area (Å²) >= 11 is 4.93. The molecule has 7 heteroatoms. The van der Waals surface area contributed by atoms with Gasteiger partial charge in [0.1, 0.15) is 11.4 Å². The molecule has 0 radical (unpaired) electrons. The molecule has 1 aromatic heterocycles. The lowest BCUT2D eigenvalue weighted by Crippen LogP contribution is -2.52. The van der Waals surface area contributed by atoms with Crippen LogP contribution >= 0.6 is 12.2 Å². The average Bonchev–Trinajstić information content (AvgIpc) is 2.84. The number of rotatable bonds is 2. The van der Waals surface area contributed by atoms with Crippen LogP contribution < -0.4 is 5.32 Å². The molecule has 1 aliphatic heterocycles. The molecule has 1 aromatic carbocycles. The summed E-state index contributed by atoms with van der Waals surface area (Å²) in [7, 11) is 1.50. The third kappa shape index (κ3) is 2.87. The highest BCUT2D eigenvalue weighted by atomic mass is 32.1. The highest BCUT2D eigenvalue weighted by Crippen LogP contribution is 2.25. The van der Waals surface area contributed by atoms with E-state index in [1.54, 1.807) is 22.8 Å². The first-order valence-electron chi connectivity index (χ1n) is 7.60. The third-order valence-corrected chi connectivity index (χ3v) is 4.54. The van der Waals surface area contributed by atoms with Crippen molar-refractivity contribution in [2.24, 2.45) is 0 Å². The summed E-state index contributed by atoms with van der Waals surface area (Å²) < 4.78 is 15.9. The van der Waals surface area contributed by atoms with Crippen molar-refractivity contribution >= 4 is 35.2 Å². The fourth-order valence-electron chi connectivity index (χ4n) is 2.84. The number of nitrogens with zero attached hydrogens (tertiary/aromatic N) is 2. The number of thiocarbonyl (C=S) groups is 1. The first kappa shape index (κ1) is 17.0. The lowest BCUT2D eigenvalue weighted by atomic mass is 10.1. The highest BCUT2D eigenvalue weighted by molar-refractivity contribution is 7.80. The van der Waals surface area contributed by atoms with Crippen LogP contribution in [0.2, 0.25) is 0 Å². The van der Waals surface area contributed by atoms with Crippen molar-refractivity contribution in [1.82, 2.24) is 14.8 Å². The lowest BCUT2D eigenvalue weighted by Gasteiger charge is -2.25. The molecule has 2 heterocycles. The number of carbonyl (C=O) groups excluding carboxylic acids is 2. The van der Waals surface area contributed by atoms with Gasteiger partial charge in [0.15, 0.2) is 5.11 Å². The predicted octanol–water partition coefficient (Wildman–Crippen LogP) is 2.49. The van der Waals surface area contributed by atoms with E-state index in [2.05, 4.69) is 5.32 Å². The molecular formula is C18H16FN3O2S. The molecule has 1 saturated heterocycles. The molecule has 2 amide bonds. The van der Waals surface area contributed by atoms with Crippen molar-refractivity contribution in [1.29, 1.82) is 0 Å². The van der Waals surface area contributed by atoms with Crippen LogP contribution in [0.3, 0.4) is 0 Å². The molecule has 25 heavy (non-hydrogen) atoms. The summed E-state index contributed by atoms with van der Waals surface area (Å²) in [6, 6.07) is 8.25. The lowest BCUT2D eigenvalue weighted by molar-refractivity contribution is -0.128. The van der Waals surface area contributed by atoms with Crippen molar-refractivity contribution in [3.05, 3.63) is 58.7 Å². The monoisotopic (exact) mass is 357 g/mol. The van der Waals surface area contributed by atoms with E-state index < -0.39 is 11.8 Å². The van der Waals surface area contributed by atoms with Crippen LogP contribution in [0.25, 0.3) is 11.8 Å². The van der Waals surface area contributed by atoms with Crippen LogP contribution in [0.4, 0.5) is 4.39 Å². The molecule has 0 unspecified atom stereocenters. The predicted molar refractivity (Wildman–Crippen MR) is 96.7 cm³/mol. The number of amides is 2. The van der Waals surface area contributed by atoms with Gasteiger partial charge in [-0.15, -0.1) is 0 Å². The molecule has 0 aliphatic carbocycles. The second-order valence-electron chi connectivity index (χ2n) is 5.79. The van der Waals surface area contributed by atoms with Gasteiger partial charge in [0.05, 0.1) is 5.69 Å². The summed E-state index contributed by atoms with van der Waals surface area (Å²) in [5, 5.41) is 2.55. The minimum absolute atomic E-state index is 0.00937. The second kappa shape index (κ2) is 6.25. The molecule has 1 N–H and O–H groups in total. The molecular weight excluding hydrogens is 341 g/mol. The van der Waals surface area contributed by atoms with Gasteiger partial charge in [-0.25, -0.2) is 4.39 Å². The summed E-state index contributed by atoms with van der Waals surface area (Å²) in [4.78, 5) is 25.6. The van der Waals surface area contributed by atoms with Crippen molar-refractivity contribution in [2.45, 2.75) is 13.8 Å². The summed E-state index contributed by atoms with van der Waals surface area (Å²) in [5.74, 6) is -1.35. The Balaban J connectivity index is 2.10. The number of hydrogen-bond donors (Lipinski definition) is 1. The average molecular weight is 357 g/mol. The van der Waals surface area contributed by atoms with Gasteiger partial charge >= 0.3 is 0 Å². The third-order valence-electron chi connectivity index (χ3n) is 4.17. The number of aryl methyl sites for hydroxylation is 1. The number of carbonyl (C=O) groups is 2. The van der Waals surface area contributed by atoms with Gasteiger partial charge in [-0.3, -0.25) is 19.8 Å². The Hall–Kier alpha value is -2.80. The molecule has 5 nitrogen and oxygen atoms in total. The Morgan fingerprint density at radius 3 is 2.56 bits per heavy atom. The molecule has 0 spiro atoms. The van der Waals surface area contributed by atoms with Crippen molar-refractivity contribution in [3.63, 3.8) is 0 Å². The van der Waals surface area contributed by atoms with E-state index in [-0.39, 0.29) is 16.5 Å². The van der Waals surface area contributed by atoms with Gasteiger partial charge < -0.3 is 4.57 Å². The number of halogens is 1. The topological polar surface area (TPSA) is 54.3 Å². The Kier molecular flexibility index (Phi) is 4.26. The van der Waals surface area contributed by atoms with Gasteiger partial charge in [0.25, 0.3) is 11.8 Å². The molecule has 3 rings (SSSR count). The van der Waals surface area contributed by atoms with Crippen molar-refractivity contribution in [3.8, 4) is 5.69 Å². The fraction of sp³-hybridized carbons (Fsp3) is 0.167. The van der Waals surface area contributed by atoms with E-state index in [1.165, 1.54) is 24.1 Å². The Morgan fingerprint density at radius 1 is 1.20 bits per heavy atom. The number of nitrogens with one attached hydrogen (secondary N) is 1. The normalized spacial score (nSPS) is 16.6. The Morgan fingerprint density at radius 2 is 1.88 bits per heavy atom. The fourth-order valence-corrected chi connectivity index (χ4v) is 3.01. The summed E-state index contributed by atoms with van der Waals surface area (Å²) in [6.07, 6.45) is 1.51. The smallest absolute Gasteiger partial charge is 0.265 e. The van der Waals surface area contributed by atoms with Crippen molar-refractivity contribution < 1.29 is 14.0 Å². The zero-order valence-corrected chi connectivity index (χ0v) is 14.8. The van der Waals surface area contributed by atoms with E-state index >= 15 is 0 Å². The first-order valence-corrected chi connectivity index (χ1v) is 8.01. The number of benzene rings is 1. The van der Waals surface area contributed by atoms with E-state index in [0.29, 0.717) is 11.3 Å². The molecule has 1 aliphatic rings. The Labute approximate surface area is 149 Å². The number of likely N-dealkylation sites (N-methyl/N-ethyl adjacent to an activating group) is 1. The van der Waals surface area contributed by atoms with E-state index in [4.69, 9.17) is 12.2 Å². The van der Waals surface area contributed by atoms with Crippen LogP contribution in [0, 0.1) is 19.7 Å². The molecule has 128 valence electrons. The summed E-state index contributed by atoms with van der Waals surface area (Å²) in [6.45, 7) is 3.65. The van der Waals surface area contributed by atoms with Gasteiger partial charge in [-0.2, -0.15) is 0 Å². The van der Waals surface area contributed by atoms with Gasteiger partial charge in [-0.05, 0) is 55.9 Å². The SMILES string of the molecule is Cc1cc(C=C2C(=O)NC(=S)N(C)C2=O)c(C)n1-c1ccccc1F. The van der Waals surface area contributed by atoms with Gasteiger partial charge in [0.2, 0.25) is 0 Å². The van der Waals surface area contributed by atoms with E-state index in [9.17, 15) is 14.0 Å². The minimum Gasteiger partial charge on any atom is -0.315 e. The van der Waals surface area contributed by atoms with Gasteiger partial charge in [-0.1, -0.05) is 12.1 Å². The van der Waals surface area contributed by atoms with Crippen LogP contribution in [-0.2, 0) is 9.59 Å². The van der Waals surface area contributed by atoms with E-state index in [0.717, 1.165) is 11.4 Å². The number of aromatic nitrogens is 1. The molecule has 0 bridgehead atoms. The highest BCUT2D eigenvalue weighted by Gasteiger charge is 2.31. The molecule has 0 atom stereocenters. The zero-order chi connectivity index (χ0) is 18.3. The largest absolute Gasteiger partial charge is 0.315 e. The standard InChI is InChI=1S/C18H16FN3O2S/c1-10-8-12(9-13-16(23)20-18(25)21(3)17(13)24)11(2)22(10)15-7-5-4-6-14(15)19/h4-9H,1-3H3,(H,20,23,25). The van der Waals surface area contributed by atoms with E-state index in [1.807, 2.05) is 19.9 Å². The van der Waals surface area contributed by atoms with Crippen LogP contribution in [-0.4, -0.2) is 33.4 Å². The Bertz CT molecular complexity index is 946. The quantitative estimate of drug-likeness (QED) is 0.510. The molecule has 2 aromatic rings. The maximum atomic E-state index is 14.1. The summed E-state index contributed by atoms with van der Waals surface area (Å²) in [5.41, 5.74) is 2.60. The maximum Gasteiger partial charge on any atom is 0.265 e. The maximum absolute atomic E-state index is 14.1. The second-order valence-corrected chi connectivity index (χ2v) is 6.18. The van der Waals surface area contributed by atoms with Crippen LogP contribution in [0.1, 0.15) is 17.0 Å². The van der Waals surface area contributed by atoms with Crippen molar-refractivity contribution in [2.75, 3.05) is 7.05 Å². The van der Waals surface area contributed by atoms with Crippen LogP contribution in [0.15, 0.2) is 35.9 Å². The molecule has 1 fully saturated rings. The minimum atomic E-state index is -0.538.